The van der Waals surface area contributed by atoms with Gasteiger partial charge in [-0.15, -0.1) is 0 Å². The molecule has 0 aliphatic carbocycles. The highest BCUT2D eigenvalue weighted by atomic mass is 127. The second-order valence-electron chi connectivity index (χ2n) is 7.09. The number of rotatable bonds is 3. The quantitative estimate of drug-likeness (QED) is 0.412. The van der Waals surface area contributed by atoms with E-state index in [1.54, 1.807) is 25.3 Å². The highest BCUT2D eigenvalue weighted by Crippen LogP contribution is 2.25. The van der Waals surface area contributed by atoms with Crippen LogP contribution >= 0.6 is 45.2 Å². The maximum atomic E-state index is 13.2. The third-order valence-electron chi connectivity index (χ3n) is 3.80. The van der Waals surface area contributed by atoms with E-state index >= 15 is 0 Å². The molecule has 0 heterocycles. The Balaban J connectivity index is 2.38. The Hall–Kier alpha value is -1.36. The molecule has 0 saturated heterocycles. The van der Waals surface area contributed by atoms with Crippen LogP contribution in [-0.4, -0.2) is 29.5 Å². The topological polar surface area (TPSA) is 58.6 Å². The zero-order valence-corrected chi connectivity index (χ0v) is 20.2. The van der Waals surface area contributed by atoms with Gasteiger partial charge in [-0.25, -0.2) is 5.01 Å². The van der Waals surface area contributed by atoms with E-state index in [1.165, 1.54) is 5.01 Å². The predicted octanol–water partition coefficient (Wildman–Crippen LogP) is 4.80. The maximum absolute atomic E-state index is 13.2. The van der Waals surface area contributed by atoms with Crippen LogP contribution in [0.25, 0.3) is 0 Å². The molecule has 2 aromatic carbocycles. The third kappa shape index (κ3) is 5.34. The first kappa shape index (κ1) is 21.9. The number of ether oxygens (including phenoxy) is 1. The zero-order valence-electron chi connectivity index (χ0n) is 15.9. The fourth-order valence-corrected chi connectivity index (χ4v) is 4.17. The number of halogens is 2. The number of hydrogen-bond donors (Lipinski definition) is 1. The van der Waals surface area contributed by atoms with Gasteiger partial charge in [-0.1, -0.05) is 6.07 Å². The van der Waals surface area contributed by atoms with Crippen LogP contribution in [0.15, 0.2) is 36.4 Å². The molecule has 0 aliphatic heterocycles. The monoisotopic (exact) mass is 592 g/mol. The summed E-state index contributed by atoms with van der Waals surface area (Å²) in [5, 5.41) is 1.38. The van der Waals surface area contributed by atoms with Gasteiger partial charge in [-0.3, -0.25) is 15.0 Å². The molecule has 2 amide bonds. The molecule has 27 heavy (non-hydrogen) atoms. The number of nitrogens with zero attached hydrogens (tertiary/aromatic N) is 1. The lowest BCUT2D eigenvalue weighted by Crippen LogP contribution is -2.56. The van der Waals surface area contributed by atoms with Gasteiger partial charge < -0.3 is 4.74 Å². The molecule has 0 atom stereocenters. The van der Waals surface area contributed by atoms with Crippen LogP contribution in [0, 0.1) is 14.1 Å². The van der Waals surface area contributed by atoms with Crippen molar-refractivity contribution in [3.63, 3.8) is 0 Å². The lowest BCUT2D eigenvalue weighted by Gasteiger charge is -2.35. The van der Waals surface area contributed by atoms with Crippen LogP contribution in [-0.2, 0) is 0 Å². The van der Waals surface area contributed by atoms with Crippen molar-refractivity contribution in [3.05, 3.63) is 60.2 Å². The van der Waals surface area contributed by atoms with E-state index in [9.17, 15) is 9.59 Å². The van der Waals surface area contributed by atoms with Gasteiger partial charge in [0, 0.05) is 9.13 Å². The first-order chi connectivity index (χ1) is 12.5. The van der Waals surface area contributed by atoms with Crippen molar-refractivity contribution in [3.8, 4) is 5.75 Å². The van der Waals surface area contributed by atoms with Gasteiger partial charge in [-0.2, -0.15) is 0 Å². The number of carbonyl (C=O) groups excluding carboxylic acids is 2. The molecule has 0 aromatic heterocycles. The largest absolute Gasteiger partial charge is 0.496 e. The third-order valence-corrected chi connectivity index (χ3v) is 5.54. The van der Waals surface area contributed by atoms with Crippen molar-refractivity contribution in [2.75, 3.05) is 7.11 Å². The van der Waals surface area contributed by atoms with Crippen molar-refractivity contribution < 1.29 is 14.3 Å². The molecular formula is C20H22I2N2O3. The second kappa shape index (κ2) is 8.76. The van der Waals surface area contributed by atoms with Crippen molar-refractivity contribution in [1.82, 2.24) is 10.4 Å². The Morgan fingerprint density at radius 2 is 1.78 bits per heavy atom. The van der Waals surface area contributed by atoms with Gasteiger partial charge in [-0.05, 0) is 109 Å². The Labute approximate surface area is 187 Å². The summed E-state index contributed by atoms with van der Waals surface area (Å²) < 4.78 is 6.95. The van der Waals surface area contributed by atoms with E-state index < -0.39 is 5.54 Å². The van der Waals surface area contributed by atoms with Crippen molar-refractivity contribution in [2.24, 2.45) is 0 Å². The lowest BCUT2D eigenvalue weighted by molar-refractivity contribution is 0.0358. The number of nitrogens with one attached hydrogen (secondary N) is 1. The minimum Gasteiger partial charge on any atom is -0.496 e. The summed E-state index contributed by atoms with van der Waals surface area (Å²) in [6.45, 7) is 7.57. The van der Waals surface area contributed by atoms with Crippen LogP contribution in [0.4, 0.5) is 0 Å². The Morgan fingerprint density at radius 3 is 2.33 bits per heavy atom. The Bertz CT molecular complexity index is 856. The minimum absolute atomic E-state index is 0.254. The van der Waals surface area contributed by atoms with Crippen LogP contribution in [0.2, 0.25) is 0 Å². The van der Waals surface area contributed by atoms with Crippen molar-refractivity contribution >= 4 is 57.0 Å². The fraction of sp³-hybridized carbons (Fsp3) is 0.300. The first-order valence-corrected chi connectivity index (χ1v) is 10.5. The molecule has 0 aliphatic rings. The molecular weight excluding hydrogens is 570 g/mol. The highest BCUT2D eigenvalue weighted by Gasteiger charge is 2.30. The Kier molecular flexibility index (Phi) is 7.12. The predicted molar refractivity (Wildman–Crippen MR) is 123 cm³/mol. The van der Waals surface area contributed by atoms with E-state index in [2.05, 4.69) is 50.6 Å². The van der Waals surface area contributed by atoms with Crippen LogP contribution < -0.4 is 10.2 Å². The summed E-state index contributed by atoms with van der Waals surface area (Å²) in [4.78, 5) is 26.0. The lowest BCUT2D eigenvalue weighted by atomic mass is 10.1. The molecule has 0 fully saturated rings. The number of hydrazine groups is 1. The molecule has 0 radical (unpaired) electrons. The minimum atomic E-state index is -0.605. The summed E-state index contributed by atoms with van der Waals surface area (Å²) >= 11 is 4.25. The molecule has 2 aromatic rings. The summed E-state index contributed by atoms with van der Waals surface area (Å²) in [6, 6.07) is 10.9. The normalized spacial score (nSPS) is 11.1. The molecule has 5 nitrogen and oxygen atoms in total. The maximum Gasteiger partial charge on any atom is 0.272 e. The molecule has 0 saturated carbocycles. The van der Waals surface area contributed by atoms with Gasteiger partial charge in [0.1, 0.15) is 5.75 Å². The van der Waals surface area contributed by atoms with Crippen LogP contribution in [0.1, 0.15) is 47.1 Å². The van der Waals surface area contributed by atoms with Gasteiger partial charge in [0.15, 0.2) is 0 Å². The van der Waals surface area contributed by atoms with Gasteiger partial charge in [0.25, 0.3) is 11.8 Å². The molecule has 7 heteroatoms. The number of hydrogen-bond acceptors (Lipinski definition) is 3. The second-order valence-corrected chi connectivity index (χ2v) is 9.42. The van der Waals surface area contributed by atoms with Crippen LogP contribution in [0.3, 0.4) is 0 Å². The SMILES string of the molecule is COc1cccc(C(=O)NN(C(=O)c2cc(C)cc(I)c2)C(C)(C)C)c1I. The van der Waals surface area contributed by atoms with E-state index in [4.69, 9.17) is 4.74 Å². The Morgan fingerprint density at radius 1 is 1.11 bits per heavy atom. The average Bonchev–Trinajstić information content (AvgIpc) is 2.57. The summed E-state index contributed by atoms with van der Waals surface area (Å²) in [5.74, 6) is 0.00409. The number of methoxy groups -OCH3 is 1. The van der Waals surface area contributed by atoms with Gasteiger partial charge >= 0.3 is 0 Å². The van der Waals surface area contributed by atoms with Crippen molar-refractivity contribution in [1.29, 1.82) is 0 Å². The number of aryl methyl sites for hydroxylation is 1. The fourth-order valence-electron chi connectivity index (χ4n) is 2.52. The molecule has 0 unspecified atom stereocenters. The van der Waals surface area contributed by atoms with E-state index in [0.717, 1.165) is 9.13 Å². The van der Waals surface area contributed by atoms with Gasteiger partial charge in [0.05, 0.1) is 21.8 Å². The molecule has 144 valence electrons. The molecule has 0 bridgehead atoms. The summed E-state index contributed by atoms with van der Waals surface area (Å²) in [6.07, 6.45) is 0. The van der Waals surface area contributed by atoms with Gasteiger partial charge in [0.2, 0.25) is 0 Å². The molecule has 1 N–H and O–H groups in total. The van der Waals surface area contributed by atoms with Crippen molar-refractivity contribution in [2.45, 2.75) is 33.2 Å². The summed E-state index contributed by atoms with van der Waals surface area (Å²) in [7, 11) is 1.56. The number of benzene rings is 2. The van der Waals surface area contributed by atoms with E-state index in [1.807, 2.05) is 45.9 Å². The highest BCUT2D eigenvalue weighted by molar-refractivity contribution is 14.1. The van der Waals surface area contributed by atoms with E-state index in [-0.39, 0.29) is 11.8 Å². The summed E-state index contributed by atoms with van der Waals surface area (Å²) in [5.41, 5.74) is 4.16. The average molecular weight is 592 g/mol. The first-order valence-electron chi connectivity index (χ1n) is 8.30. The number of amides is 2. The number of carbonyl (C=O) groups is 2. The van der Waals surface area contributed by atoms with E-state index in [0.29, 0.717) is 20.4 Å². The molecule has 2 rings (SSSR count). The standard InChI is InChI=1S/C20H22I2N2O3/c1-12-9-13(11-14(21)10-12)19(26)24(20(2,3)4)23-18(25)15-7-6-8-16(27-5)17(15)22/h6-11H,1-5H3,(H,23,25). The zero-order chi connectivity index (χ0) is 20.4. The smallest absolute Gasteiger partial charge is 0.272 e. The molecule has 0 spiro atoms. The van der Waals surface area contributed by atoms with Crippen LogP contribution in [0.5, 0.6) is 5.75 Å².